The van der Waals surface area contributed by atoms with E-state index in [9.17, 15) is 9.90 Å². The Bertz CT molecular complexity index is 332. The van der Waals surface area contributed by atoms with E-state index < -0.39 is 6.10 Å². The third kappa shape index (κ3) is 10.8. The van der Waals surface area contributed by atoms with Crippen LogP contribution < -0.4 is 0 Å². The van der Waals surface area contributed by atoms with Gasteiger partial charge in [0, 0.05) is 0 Å². The van der Waals surface area contributed by atoms with E-state index in [1.165, 1.54) is 25.7 Å². The van der Waals surface area contributed by atoms with Crippen LogP contribution in [0.4, 0.5) is 0 Å². The van der Waals surface area contributed by atoms with Gasteiger partial charge in [0.1, 0.15) is 0 Å². The van der Waals surface area contributed by atoms with Crippen molar-refractivity contribution < 1.29 is 24.1 Å². The van der Waals surface area contributed by atoms with Crippen molar-refractivity contribution >= 4 is 5.97 Å². The van der Waals surface area contributed by atoms with E-state index in [2.05, 4.69) is 6.92 Å². The lowest BCUT2D eigenvalue weighted by Gasteiger charge is -2.32. The topological polar surface area (TPSA) is 65.0 Å². The first-order valence-electron chi connectivity index (χ1n) is 10.2. The van der Waals surface area contributed by atoms with Gasteiger partial charge in [-0.2, -0.15) is 0 Å². The van der Waals surface area contributed by atoms with E-state index in [1.807, 2.05) is 0 Å². The molecule has 0 spiro atoms. The molecule has 1 aliphatic heterocycles. The van der Waals surface area contributed by atoms with E-state index in [4.69, 9.17) is 14.2 Å². The second kappa shape index (κ2) is 14.5. The van der Waals surface area contributed by atoms with Gasteiger partial charge in [0.2, 0.25) is 0 Å². The fourth-order valence-electron chi connectivity index (χ4n) is 3.38. The molecule has 1 aliphatic rings. The molecule has 5 heteroatoms. The van der Waals surface area contributed by atoms with Crippen LogP contribution >= 0.6 is 0 Å². The van der Waals surface area contributed by atoms with Crippen LogP contribution in [0.1, 0.15) is 84.5 Å². The molecule has 0 saturated carbocycles. The average molecular weight is 359 g/mol. The molecule has 3 unspecified atom stereocenters. The van der Waals surface area contributed by atoms with Crippen molar-refractivity contribution in [2.45, 2.75) is 103 Å². The van der Waals surface area contributed by atoms with Crippen molar-refractivity contribution in [3.05, 3.63) is 0 Å². The molecule has 0 bridgehead atoms. The molecule has 0 aromatic carbocycles. The van der Waals surface area contributed by atoms with Crippen LogP contribution in [0.25, 0.3) is 0 Å². The van der Waals surface area contributed by atoms with Gasteiger partial charge in [0.25, 0.3) is 0 Å². The average Bonchev–Trinajstić information content (AvgIpc) is 2.59. The van der Waals surface area contributed by atoms with Gasteiger partial charge in [0.05, 0.1) is 44.6 Å². The fraction of sp³-hybridized carbons (Fsp3) is 0.950. The molecule has 1 N–H and O–H groups in total. The van der Waals surface area contributed by atoms with Crippen molar-refractivity contribution in [2.75, 3.05) is 19.8 Å². The minimum atomic E-state index is -0.557. The molecule has 1 saturated heterocycles. The van der Waals surface area contributed by atoms with Crippen LogP contribution in [-0.4, -0.2) is 49.2 Å². The molecule has 25 heavy (non-hydrogen) atoms. The Hall–Kier alpha value is -0.650. The summed E-state index contributed by atoms with van der Waals surface area (Å²) in [6, 6.07) is 0. The zero-order valence-electron chi connectivity index (χ0n) is 16.2. The zero-order valence-corrected chi connectivity index (χ0v) is 16.2. The van der Waals surface area contributed by atoms with Gasteiger partial charge >= 0.3 is 5.97 Å². The number of esters is 1. The highest BCUT2D eigenvalue weighted by Crippen LogP contribution is 2.21. The number of carbonyl (C=O) groups excluding carboxylic acids is 1. The molecular formula is C20H38O5. The Labute approximate surface area is 153 Å². The maximum atomic E-state index is 11.3. The molecule has 0 radical (unpaired) electrons. The first-order chi connectivity index (χ1) is 12.2. The predicted octanol–water partition coefficient (Wildman–Crippen LogP) is 4.01. The minimum absolute atomic E-state index is 0.121. The first-order valence-corrected chi connectivity index (χ1v) is 10.2. The molecule has 0 aromatic rings. The number of hydrogen-bond donors (Lipinski definition) is 1. The second-order valence-electron chi connectivity index (χ2n) is 6.97. The van der Waals surface area contributed by atoms with Crippen LogP contribution in [0, 0.1) is 0 Å². The van der Waals surface area contributed by atoms with Crippen molar-refractivity contribution in [2.24, 2.45) is 0 Å². The van der Waals surface area contributed by atoms with Crippen LogP contribution in [-0.2, 0) is 19.0 Å². The highest BCUT2D eigenvalue weighted by atomic mass is 16.6. The summed E-state index contributed by atoms with van der Waals surface area (Å²) < 4.78 is 16.5. The van der Waals surface area contributed by atoms with E-state index in [1.54, 1.807) is 6.92 Å². The molecule has 0 aromatic heterocycles. The van der Waals surface area contributed by atoms with Crippen molar-refractivity contribution in [1.82, 2.24) is 0 Å². The summed E-state index contributed by atoms with van der Waals surface area (Å²) >= 11 is 0. The number of unbranched alkanes of at least 4 members (excludes halogenated alkanes) is 5. The minimum Gasteiger partial charge on any atom is -0.466 e. The summed E-state index contributed by atoms with van der Waals surface area (Å²) in [6.45, 7) is 5.82. The number of hydrogen-bond acceptors (Lipinski definition) is 5. The third-order valence-corrected chi connectivity index (χ3v) is 4.72. The van der Waals surface area contributed by atoms with Crippen molar-refractivity contribution in [3.63, 3.8) is 0 Å². The van der Waals surface area contributed by atoms with Gasteiger partial charge in [-0.05, 0) is 26.2 Å². The maximum Gasteiger partial charge on any atom is 0.308 e. The summed E-state index contributed by atoms with van der Waals surface area (Å²) in [6.07, 6.45) is 11.1. The molecule has 1 heterocycles. The number of ether oxygens (including phenoxy) is 3. The summed E-state index contributed by atoms with van der Waals surface area (Å²) in [5, 5.41) is 9.77. The van der Waals surface area contributed by atoms with E-state index >= 15 is 0 Å². The smallest absolute Gasteiger partial charge is 0.308 e. The second-order valence-corrected chi connectivity index (χ2v) is 6.97. The van der Waals surface area contributed by atoms with Crippen LogP contribution in [0.15, 0.2) is 0 Å². The number of aliphatic hydroxyl groups excluding tert-OH is 1. The van der Waals surface area contributed by atoms with Gasteiger partial charge < -0.3 is 19.3 Å². The highest BCUT2D eigenvalue weighted by molar-refractivity contribution is 5.69. The summed E-state index contributed by atoms with van der Waals surface area (Å²) in [4.78, 5) is 11.3. The van der Waals surface area contributed by atoms with Gasteiger partial charge in [0.15, 0.2) is 0 Å². The summed E-state index contributed by atoms with van der Waals surface area (Å²) in [5.74, 6) is -0.301. The Balaban J connectivity index is 1.95. The van der Waals surface area contributed by atoms with Gasteiger partial charge in [-0.3, -0.25) is 4.79 Å². The third-order valence-electron chi connectivity index (χ3n) is 4.72. The molecule has 0 aliphatic carbocycles. The van der Waals surface area contributed by atoms with E-state index in [-0.39, 0.29) is 18.5 Å². The molecule has 3 atom stereocenters. The van der Waals surface area contributed by atoms with Crippen LogP contribution in [0.5, 0.6) is 0 Å². The Morgan fingerprint density at radius 3 is 2.24 bits per heavy atom. The molecule has 1 rings (SSSR count). The lowest BCUT2D eigenvalue weighted by molar-refractivity contribution is -0.145. The van der Waals surface area contributed by atoms with Gasteiger partial charge in [-0.15, -0.1) is 0 Å². The van der Waals surface area contributed by atoms with E-state index in [0.29, 0.717) is 19.1 Å². The summed E-state index contributed by atoms with van der Waals surface area (Å²) in [5.41, 5.74) is 0. The number of rotatable bonds is 14. The lowest BCUT2D eigenvalue weighted by Crippen LogP contribution is -2.38. The molecule has 5 nitrogen and oxygen atoms in total. The largest absolute Gasteiger partial charge is 0.466 e. The van der Waals surface area contributed by atoms with E-state index in [0.717, 1.165) is 45.3 Å². The predicted molar refractivity (Wildman–Crippen MR) is 98.6 cm³/mol. The monoisotopic (exact) mass is 358 g/mol. The normalized spacial score (nSPS) is 21.9. The highest BCUT2D eigenvalue weighted by Gasteiger charge is 2.25. The van der Waals surface area contributed by atoms with Crippen molar-refractivity contribution in [1.29, 1.82) is 0 Å². The lowest BCUT2D eigenvalue weighted by atomic mass is 10.00. The summed E-state index contributed by atoms with van der Waals surface area (Å²) in [7, 11) is 0. The number of aliphatic hydroxyl groups is 1. The first kappa shape index (κ1) is 22.4. The fourth-order valence-corrected chi connectivity index (χ4v) is 3.38. The van der Waals surface area contributed by atoms with Gasteiger partial charge in [-0.1, -0.05) is 51.9 Å². The number of carbonyl (C=O) groups is 1. The maximum absolute atomic E-state index is 11.3. The van der Waals surface area contributed by atoms with Crippen molar-refractivity contribution in [3.8, 4) is 0 Å². The molecule has 148 valence electrons. The van der Waals surface area contributed by atoms with Crippen LogP contribution in [0.2, 0.25) is 0 Å². The molecule has 0 amide bonds. The standard InChI is InChI=1S/C20H38O5/c1-3-11-18-19(25-15-14-24-18)13-10-8-6-5-7-9-12-17(21)16-20(22)23-4-2/h17-19,21H,3-16H2,1-2H3. The Morgan fingerprint density at radius 2 is 1.60 bits per heavy atom. The Kier molecular flexibility index (Phi) is 13.0. The Morgan fingerprint density at radius 1 is 1.00 bits per heavy atom. The van der Waals surface area contributed by atoms with Gasteiger partial charge in [-0.25, -0.2) is 0 Å². The SMILES string of the molecule is CCCC1OCCOC1CCCCCCCCC(O)CC(=O)OCC. The van der Waals surface area contributed by atoms with Crippen LogP contribution in [0.3, 0.4) is 0 Å². The quantitative estimate of drug-likeness (QED) is 0.375. The molecule has 1 fully saturated rings. The zero-order chi connectivity index (χ0) is 18.3. The molecular weight excluding hydrogens is 320 g/mol.